The summed E-state index contributed by atoms with van der Waals surface area (Å²) in [5.74, 6) is -3.70. The third-order valence-corrected chi connectivity index (χ3v) is 8.28. The van der Waals surface area contributed by atoms with Crippen molar-refractivity contribution in [3.05, 3.63) is 12.7 Å². The number of carbonyl (C=O) groups is 3. The van der Waals surface area contributed by atoms with Crippen LogP contribution in [0.2, 0.25) is 0 Å². The number of nitrogens with zero attached hydrogens (tertiary/aromatic N) is 2. The molecule has 6 atom stereocenters. The Bertz CT molecular complexity index is 780. The number of carboxylic acid groups (broad SMARTS) is 1. The highest BCUT2D eigenvalue weighted by Gasteiger charge is 2.80. The summed E-state index contributed by atoms with van der Waals surface area (Å²) in [7, 11) is 0. The first-order chi connectivity index (χ1) is 14.7. The van der Waals surface area contributed by atoms with E-state index in [-0.39, 0.29) is 31.0 Å². The summed E-state index contributed by atoms with van der Waals surface area (Å²) < 4.78 is 6.46. The van der Waals surface area contributed by atoms with Gasteiger partial charge in [0.25, 0.3) is 0 Å². The topological polar surface area (TPSA) is 107 Å². The minimum absolute atomic E-state index is 0.0130. The predicted molar refractivity (Wildman–Crippen MR) is 112 cm³/mol. The number of aliphatic hydroxyl groups is 1. The molecule has 8 heteroatoms. The summed E-state index contributed by atoms with van der Waals surface area (Å²) >= 11 is 0. The number of carboxylic acids is 1. The Kier molecular flexibility index (Phi) is 5.67. The Morgan fingerprint density at radius 1 is 1.32 bits per heavy atom. The van der Waals surface area contributed by atoms with Gasteiger partial charge in [0.2, 0.25) is 11.8 Å². The molecule has 3 aliphatic heterocycles. The quantitative estimate of drug-likeness (QED) is 0.587. The predicted octanol–water partition coefficient (Wildman–Crippen LogP) is 1.42. The summed E-state index contributed by atoms with van der Waals surface area (Å²) in [6.45, 7) is 7.58. The van der Waals surface area contributed by atoms with E-state index in [9.17, 15) is 24.6 Å². The fourth-order valence-corrected chi connectivity index (χ4v) is 6.85. The Morgan fingerprint density at radius 2 is 2.00 bits per heavy atom. The van der Waals surface area contributed by atoms with Crippen LogP contribution in [-0.2, 0) is 19.1 Å². The molecule has 1 aliphatic carbocycles. The summed E-state index contributed by atoms with van der Waals surface area (Å²) in [5.41, 5.74) is -2.17. The van der Waals surface area contributed by atoms with Crippen LogP contribution in [0.5, 0.6) is 0 Å². The van der Waals surface area contributed by atoms with Crippen LogP contribution < -0.4 is 0 Å². The summed E-state index contributed by atoms with van der Waals surface area (Å²) in [4.78, 5) is 43.0. The molecule has 0 aromatic rings. The van der Waals surface area contributed by atoms with Crippen molar-refractivity contribution in [2.75, 3.05) is 19.7 Å². The van der Waals surface area contributed by atoms with Crippen LogP contribution in [0.1, 0.15) is 52.4 Å². The van der Waals surface area contributed by atoms with Crippen LogP contribution in [-0.4, -0.2) is 80.8 Å². The van der Waals surface area contributed by atoms with E-state index in [1.165, 1.54) is 4.90 Å². The van der Waals surface area contributed by atoms with E-state index in [2.05, 4.69) is 6.58 Å². The molecule has 1 saturated carbocycles. The van der Waals surface area contributed by atoms with Crippen molar-refractivity contribution < 1.29 is 29.3 Å². The van der Waals surface area contributed by atoms with Crippen molar-refractivity contribution in [2.24, 2.45) is 17.8 Å². The summed E-state index contributed by atoms with van der Waals surface area (Å²) in [6.07, 6.45) is 7.22. The zero-order valence-corrected chi connectivity index (χ0v) is 18.5. The lowest BCUT2D eigenvalue weighted by Crippen LogP contribution is -2.58. The number of amides is 2. The zero-order valence-electron chi connectivity index (χ0n) is 18.5. The molecule has 0 aromatic heterocycles. The molecular weight excluding hydrogens is 400 g/mol. The number of β-amino-alcohol motifs (C(OH)–C–C–N with tert-alkyl or cyclic N) is 1. The fraction of sp³-hybridized carbons (Fsp3) is 0.783. The molecule has 4 fully saturated rings. The van der Waals surface area contributed by atoms with Gasteiger partial charge in [-0.15, -0.1) is 6.58 Å². The van der Waals surface area contributed by atoms with Gasteiger partial charge in [0, 0.05) is 19.1 Å². The third-order valence-electron chi connectivity index (χ3n) is 8.28. The molecule has 0 aromatic carbocycles. The lowest BCUT2D eigenvalue weighted by molar-refractivity contribution is -0.158. The van der Waals surface area contributed by atoms with Crippen LogP contribution in [0, 0.1) is 17.8 Å². The monoisotopic (exact) mass is 434 g/mol. The maximum absolute atomic E-state index is 14.1. The molecule has 2 amide bonds. The zero-order chi connectivity index (χ0) is 22.6. The van der Waals surface area contributed by atoms with Crippen molar-refractivity contribution in [1.29, 1.82) is 0 Å². The smallest absolute Gasteiger partial charge is 0.310 e. The van der Waals surface area contributed by atoms with Crippen LogP contribution in [0.3, 0.4) is 0 Å². The molecule has 31 heavy (non-hydrogen) atoms. The number of fused-ring (bicyclic) bond motifs is 1. The average molecular weight is 435 g/mol. The normalized spacial score (nSPS) is 39.6. The first-order valence-corrected chi connectivity index (χ1v) is 11.5. The van der Waals surface area contributed by atoms with E-state index in [0.717, 1.165) is 32.1 Å². The molecule has 1 spiro atoms. The number of likely N-dealkylation sites (tertiary alicyclic amines) is 1. The SMILES string of the molecule is C=CCN(C(=O)C1N(CCO)C(=O)[C@@H]2[C@H](C(=O)O)[C@@]3(C)OC12CC3C)C1CCCCC1. The second-order valence-electron chi connectivity index (χ2n) is 9.87. The van der Waals surface area contributed by atoms with Crippen molar-refractivity contribution in [3.8, 4) is 0 Å². The molecule has 3 saturated heterocycles. The average Bonchev–Trinajstić information content (AvgIpc) is 3.24. The van der Waals surface area contributed by atoms with Gasteiger partial charge >= 0.3 is 5.97 Å². The molecule has 0 radical (unpaired) electrons. The van der Waals surface area contributed by atoms with Gasteiger partial charge in [-0.05, 0) is 32.1 Å². The number of carbonyl (C=O) groups excluding carboxylic acids is 2. The van der Waals surface area contributed by atoms with E-state index < -0.39 is 41.0 Å². The van der Waals surface area contributed by atoms with Crippen LogP contribution in [0.15, 0.2) is 12.7 Å². The van der Waals surface area contributed by atoms with Gasteiger partial charge in [-0.1, -0.05) is 32.3 Å². The molecule has 8 nitrogen and oxygen atoms in total. The lowest BCUT2D eigenvalue weighted by atomic mass is 9.62. The third kappa shape index (κ3) is 3.05. The summed E-state index contributed by atoms with van der Waals surface area (Å²) in [6, 6.07) is -0.852. The van der Waals surface area contributed by atoms with Gasteiger partial charge in [0.15, 0.2) is 0 Å². The maximum Gasteiger partial charge on any atom is 0.310 e. The summed E-state index contributed by atoms with van der Waals surface area (Å²) in [5, 5.41) is 19.7. The Labute approximate surface area is 183 Å². The van der Waals surface area contributed by atoms with Gasteiger partial charge in [-0.2, -0.15) is 0 Å². The minimum Gasteiger partial charge on any atom is -0.481 e. The Morgan fingerprint density at radius 3 is 2.58 bits per heavy atom. The second-order valence-corrected chi connectivity index (χ2v) is 9.87. The number of ether oxygens (including phenoxy) is 1. The molecular formula is C23H34N2O6. The highest BCUT2D eigenvalue weighted by Crippen LogP contribution is 2.65. The molecule has 3 unspecified atom stereocenters. The van der Waals surface area contributed by atoms with Crippen molar-refractivity contribution in [1.82, 2.24) is 9.80 Å². The van der Waals surface area contributed by atoms with Crippen LogP contribution >= 0.6 is 0 Å². The minimum atomic E-state index is -1.17. The van der Waals surface area contributed by atoms with E-state index in [4.69, 9.17) is 4.74 Å². The lowest BCUT2D eigenvalue weighted by Gasteiger charge is -2.40. The Hall–Kier alpha value is -1.93. The van der Waals surface area contributed by atoms with Gasteiger partial charge in [0.05, 0.1) is 18.1 Å². The highest BCUT2D eigenvalue weighted by atomic mass is 16.5. The molecule has 2 bridgehead atoms. The number of rotatable bonds is 7. The first kappa shape index (κ1) is 22.3. The molecule has 2 N–H and O–H groups in total. The molecule has 4 rings (SSSR count). The van der Waals surface area contributed by atoms with Crippen molar-refractivity contribution in [2.45, 2.75) is 75.7 Å². The number of aliphatic carboxylic acids is 1. The first-order valence-electron chi connectivity index (χ1n) is 11.5. The van der Waals surface area contributed by atoms with E-state index >= 15 is 0 Å². The van der Waals surface area contributed by atoms with E-state index in [1.807, 2.05) is 11.8 Å². The molecule has 4 aliphatic rings. The fourth-order valence-electron chi connectivity index (χ4n) is 6.85. The van der Waals surface area contributed by atoms with Crippen molar-refractivity contribution in [3.63, 3.8) is 0 Å². The van der Waals surface area contributed by atoms with Gasteiger partial charge in [-0.3, -0.25) is 14.4 Å². The largest absolute Gasteiger partial charge is 0.481 e. The van der Waals surface area contributed by atoms with Gasteiger partial charge in [-0.25, -0.2) is 0 Å². The second kappa shape index (κ2) is 7.89. The van der Waals surface area contributed by atoms with Gasteiger partial charge in [0.1, 0.15) is 17.6 Å². The molecule has 172 valence electrons. The van der Waals surface area contributed by atoms with Gasteiger partial charge < -0.3 is 24.7 Å². The molecule has 3 heterocycles. The number of aliphatic hydroxyl groups excluding tert-OH is 1. The highest BCUT2D eigenvalue weighted by molar-refractivity contribution is 5.98. The van der Waals surface area contributed by atoms with Crippen LogP contribution in [0.25, 0.3) is 0 Å². The number of hydrogen-bond acceptors (Lipinski definition) is 5. The van der Waals surface area contributed by atoms with Crippen LogP contribution in [0.4, 0.5) is 0 Å². The Balaban J connectivity index is 1.77. The van der Waals surface area contributed by atoms with Crippen molar-refractivity contribution >= 4 is 17.8 Å². The van der Waals surface area contributed by atoms with E-state index in [0.29, 0.717) is 13.0 Å². The van der Waals surface area contributed by atoms with E-state index in [1.54, 1.807) is 13.0 Å². The maximum atomic E-state index is 14.1. The number of hydrogen-bond donors (Lipinski definition) is 2. The standard InChI is InChI=1S/C23H34N2O6/c1-4-10-24(15-8-6-5-7-9-15)20(28)18-23-13-14(2)22(3,31-23)17(21(29)30)16(23)19(27)25(18)11-12-26/h4,14-18,26H,1,5-13H2,2-3H3,(H,29,30)/t14?,16-,17+,18?,22-,23?/m0/s1.